The fraction of sp³-hybridized carbons (Fsp3) is 0.316. The molecule has 23 heavy (non-hydrogen) atoms. The fourth-order valence-electron chi connectivity index (χ4n) is 3.16. The van der Waals surface area contributed by atoms with E-state index in [9.17, 15) is 4.79 Å². The van der Waals surface area contributed by atoms with E-state index in [2.05, 4.69) is 66.7 Å². The summed E-state index contributed by atoms with van der Waals surface area (Å²) in [4.78, 5) is 16.1. The highest BCUT2D eigenvalue weighted by molar-refractivity contribution is 5.76. The van der Waals surface area contributed by atoms with Gasteiger partial charge in [-0.25, -0.2) is 4.79 Å². The second kappa shape index (κ2) is 6.32. The predicted octanol–water partition coefficient (Wildman–Crippen LogP) is 3.25. The molecule has 2 aromatic carbocycles. The summed E-state index contributed by atoms with van der Waals surface area (Å²) in [7, 11) is 3.77. The van der Waals surface area contributed by atoms with E-state index < -0.39 is 0 Å². The van der Waals surface area contributed by atoms with Crippen molar-refractivity contribution in [2.24, 2.45) is 0 Å². The zero-order chi connectivity index (χ0) is 16.4. The SMILES string of the molecule is CNC(=O)N1CCN(C)c2ccc(-c3ccccc3C)cc2C1. The van der Waals surface area contributed by atoms with Gasteiger partial charge in [0.15, 0.2) is 0 Å². The molecule has 0 atom stereocenters. The summed E-state index contributed by atoms with van der Waals surface area (Å²) in [5.74, 6) is 0. The minimum absolute atomic E-state index is 0.0208. The molecule has 0 unspecified atom stereocenters. The molecule has 4 nitrogen and oxygen atoms in total. The third kappa shape index (κ3) is 3.02. The highest BCUT2D eigenvalue weighted by Gasteiger charge is 2.21. The van der Waals surface area contributed by atoms with Crippen molar-refractivity contribution in [2.45, 2.75) is 13.5 Å². The molecule has 0 bridgehead atoms. The van der Waals surface area contributed by atoms with Crippen molar-refractivity contribution >= 4 is 11.7 Å². The summed E-state index contributed by atoms with van der Waals surface area (Å²) >= 11 is 0. The molecule has 0 saturated carbocycles. The van der Waals surface area contributed by atoms with Crippen LogP contribution in [0.2, 0.25) is 0 Å². The van der Waals surface area contributed by atoms with E-state index in [0.29, 0.717) is 6.54 Å². The van der Waals surface area contributed by atoms with E-state index in [1.807, 2.05) is 4.90 Å². The topological polar surface area (TPSA) is 35.6 Å². The van der Waals surface area contributed by atoms with E-state index in [1.54, 1.807) is 7.05 Å². The number of nitrogens with zero attached hydrogens (tertiary/aromatic N) is 2. The number of anilines is 1. The van der Waals surface area contributed by atoms with Crippen molar-refractivity contribution in [2.75, 3.05) is 32.1 Å². The lowest BCUT2D eigenvalue weighted by atomic mass is 9.98. The molecule has 0 spiro atoms. The molecule has 2 amide bonds. The number of aryl methyl sites for hydroxylation is 1. The van der Waals surface area contributed by atoms with Gasteiger partial charge in [-0.05, 0) is 41.3 Å². The van der Waals surface area contributed by atoms with Gasteiger partial charge in [0.05, 0.1) is 0 Å². The lowest BCUT2D eigenvalue weighted by Crippen LogP contribution is -2.39. The van der Waals surface area contributed by atoms with Crippen molar-refractivity contribution in [3.63, 3.8) is 0 Å². The van der Waals surface area contributed by atoms with Crippen LogP contribution in [0.5, 0.6) is 0 Å². The Kier molecular flexibility index (Phi) is 4.24. The van der Waals surface area contributed by atoms with Gasteiger partial charge < -0.3 is 15.1 Å². The monoisotopic (exact) mass is 309 g/mol. The second-order valence-corrected chi connectivity index (χ2v) is 6.06. The Morgan fingerprint density at radius 1 is 1.13 bits per heavy atom. The summed E-state index contributed by atoms with van der Waals surface area (Å²) in [5, 5.41) is 2.73. The molecule has 3 rings (SSSR count). The summed E-state index contributed by atoms with van der Waals surface area (Å²) < 4.78 is 0. The Bertz CT molecular complexity index is 726. The first-order valence-electron chi connectivity index (χ1n) is 7.97. The molecule has 1 N–H and O–H groups in total. The lowest BCUT2D eigenvalue weighted by molar-refractivity contribution is 0.200. The molecule has 1 aliphatic rings. The fourth-order valence-corrected chi connectivity index (χ4v) is 3.16. The van der Waals surface area contributed by atoms with Gasteiger partial charge >= 0.3 is 6.03 Å². The van der Waals surface area contributed by atoms with Gasteiger partial charge in [0.1, 0.15) is 0 Å². The zero-order valence-corrected chi connectivity index (χ0v) is 14.0. The molecule has 0 aliphatic carbocycles. The number of carbonyl (C=O) groups is 1. The maximum atomic E-state index is 12.0. The van der Waals surface area contributed by atoms with Crippen molar-refractivity contribution in [3.05, 3.63) is 53.6 Å². The van der Waals surface area contributed by atoms with Crippen LogP contribution in [0.1, 0.15) is 11.1 Å². The molecular formula is C19H23N3O. The molecule has 2 aromatic rings. The quantitative estimate of drug-likeness (QED) is 0.877. The van der Waals surface area contributed by atoms with Crippen molar-refractivity contribution in [1.82, 2.24) is 10.2 Å². The molecular weight excluding hydrogens is 286 g/mol. The number of hydrogen-bond acceptors (Lipinski definition) is 2. The number of rotatable bonds is 1. The normalized spacial score (nSPS) is 14.2. The third-order valence-electron chi connectivity index (χ3n) is 4.51. The highest BCUT2D eigenvalue weighted by atomic mass is 16.2. The Balaban J connectivity index is 2.02. The Morgan fingerprint density at radius 3 is 2.65 bits per heavy atom. The zero-order valence-electron chi connectivity index (χ0n) is 14.0. The van der Waals surface area contributed by atoms with E-state index in [-0.39, 0.29) is 6.03 Å². The summed E-state index contributed by atoms with van der Waals surface area (Å²) in [6.45, 7) is 4.33. The number of amides is 2. The van der Waals surface area contributed by atoms with E-state index in [4.69, 9.17) is 0 Å². The van der Waals surface area contributed by atoms with Gasteiger partial charge in [0.2, 0.25) is 0 Å². The van der Waals surface area contributed by atoms with Crippen LogP contribution in [0.25, 0.3) is 11.1 Å². The third-order valence-corrected chi connectivity index (χ3v) is 4.51. The highest BCUT2D eigenvalue weighted by Crippen LogP contribution is 2.31. The maximum Gasteiger partial charge on any atom is 0.317 e. The summed E-state index contributed by atoms with van der Waals surface area (Å²) in [6, 6.07) is 14.9. The second-order valence-electron chi connectivity index (χ2n) is 6.06. The molecule has 0 saturated heterocycles. The lowest BCUT2D eigenvalue weighted by Gasteiger charge is -2.20. The average molecular weight is 309 g/mol. The van der Waals surface area contributed by atoms with E-state index in [1.165, 1.54) is 27.9 Å². The van der Waals surface area contributed by atoms with Crippen LogP contribution >= 0.6 is 0 Å². The van der Waals surface area contributed by atoms with Gasteiger partial charge in [0, 0.05) is 39.4 Å². The van der Waals surface area contributed by atoms with Crippen LogP contribution in [0.3, 0.4) is 0 Å². The van der Waals surface area contributed by atoms with E-state index in [0.717, 1.165) is 13.1 Å². The smallest absolute Gasteiger partial charge is 0.317 e. The maximum absolute atomic E-state index is 12.0. The van der Waals surface area contributed by atoms with Gasteiger partial charge in [-0.15, -0.1) is 0 Å². The number of likely N-dealkylation sites (N-methyl/N-ethyl adjacent to an activating group) is 1. The van der Waals surface area contributed by atoms with Crippen LogP contribution in [0, 0.1) is 6.92 Å². The first-order valence-corrected chi connectivity index (χ1v) is 7.97. The molecule has 1 aliphatic heterocycles. The molecule has 120 valence electrons. The van der Waals surface area contributed by atoms with Crippen molar-refractivity contribution in [3.8, 4) is 11.1 Å². The van der Waals surface area contributed by atoms with Crippen LogP contribution in [0.4, 0.5) is 10.5 Å². The first-order chi connectivity index (χ1) is 11.1. The predicted molar refractivity (Wildman–Crippen MR) is 94.8 cm³/mol. The number of hydrogen-bond donors (Lipinski definition) is 1. The van der Waals surface area contributed by atoms with Crippen LogP contribution in [-0.2, 0) is 6.54 Å². The molecule has 0 radical (unpaired) electrons. The minimum atomic E-state index is -0.0208. The Labute approximate surface area is 137 Å². The molecule has 4 heteroatoms. The molecule has 1 heterocycles. The van der Waals surface area contributed by atoms with Gasteiger partial charge in [-0.2, -0.15) is 0 Å². The summed E-state index contributed by atoms with van der Waals surface area (Å²) in [6.07, 6.45) is 0. The number of nitrogens with one attached hydrogen (secondary N) is 1. The summed E-state index contributed by atoms with van der Waals surface area (Å²) in [5.41, 5.74) is 6.10. The minimum Gasteiger partial charge on any atom is -0.373 e. The van der Waals surface area contributed by atoms with Gasteiger partial charge in [-0.1, -0.05) is 30.3 Å². The number of carbonyl (C=O) groups excluding carboxylic acids is 1. The number of fused-ring (bicyclic) bond motifs is 1. The largest absolute Gasteiger partial charge is 0.373 e. The number of urea groups is 1. The number of benzene rings is 2. The first kappa shape index (κ1) is 15.4. The van der Waals surface area contributed by atoms with Crippen molar-refractivity contribution < 1.29 is 4.79 Å². The van der Waals surface area contributed by atoms with E-state index >= 15 is 0 Å². The van der Waals surface area contributed by atoms with Crippen LogP contribution in [-0.4, -0.2) is 38.1 Å². The van der Waals surface area contributed by atoms with Crippen molar-refractivity contribution in [1.29, 1.82) is 0 Å². The molecule has 0 fully saturated rings. The Hall–Kier alpha value is -2.49. The van der Waals surface area contributed by atoms with Gasteiger partial charge in [0.25, 0.3) is 0 Å². The Morgan fingerprint density at radius 2 is 1.91 bits per heavy atom. The van der Waals surface area contributed by atoms with Crippen LogP contribution in [0.15, 0.2) is 42.5 Å². The van der Waals surface area contributed by atoms with Crippen LogP contribution < -0.4 is 10.2 Å². The van der Waals surface area contributed by atoms with Gasteiger partial charge in [-0.3, -0.25) is 0 Å². The standard InChI is InChI=1S/C19H23N3O/c1-14-6-4-5-7-17(14)15-8-9-18-16(12-15)13-22(19(23)20-2)11-10-21(18)3/h4-9,12H,10-11,13H2,1-3H3,(H,20,23). The average Bonchev–Trinajstić information content (AvgIpc) is 2.73. The molecule has 0 aromatic heterocycles.